The van der Waals surface area contributed by atoms with Gasteiger partial charge in [-0.1, -0.05) is 24.3 Å². The van der Waals surface area contributed by atoms with Gasteiger partial charge < -0.3 is 14.5 Å². The van der Waals surface area contributed by atoms with E-state index < -0.39 is 0 Å². The smallest absolute Gasteiger partial charge is 0.254 e. The van der Waals surface area contributed by atoms with Crippen molar-refractivity contribution in [3.8, 4) is 5.75 Å². The lowest BCUT2D eigenvalue weighted by Crippen LogP contribution is -2.50. The molecule has 2 aliphatic heterocycles. The summed E-state index contributed by atoms with van der Waals surface area (Å²) in [5, 5.41) is 0. The third kappa shape index (κ3) is 3.42. The molecular weight excluding hydrogens is 340 g/mol. The molecule has 0 radical (unpaired) electrons. The van der Waals surface area contributed by atoms with Crippen LogP contribution in [0.3, 0.4) is 0 Å². The van der Waals surface area contributed by atoms with E-state index in [1.165, 1.54) is 0 Å². The lowest BCUT2D eigenvalue weighted by molar-refractivity contribution is 0.0505. The number of fused-ring (bicyclic) bond motifs is 1. The number of amides is 2. The molecule has 4 rings (SSSR count). The first-order valence-electron chi connectivity index (χ1n) is 9.49. The third-order valence-electron chi connectivity index (χ3n) is 5.64. The predicted molar refractivity (Wildman–Crippen MR) is 103 cm³/mol. The average Bonchev–Trinajstić information content (AvgIpc) is 2.74. The molecule has 0 aromatic heterocycles. The molecular formula is C22H24N2O3. The Bertz CT molecular complexity index is 856. The summed E-state index contributed by atoms with van der Waals surface area (Å²) in [6.45, 7) is 2.11. The topological polar surface area (TPSA) is 49.9 Å². The van der Waals surface area contributed by atoms with E-state index in [1.807, 2.05) is 52.3 Å². The molecule has 2 aromatic carbocycles. The number of methoxy groups -OCH3 is 1. The minimum atomic E-state index is 0.0302. The van der Waals surface area contributed by atoms with Crippen LogP contribution in [0, 0.1) is 0 Å². The van der Waals surface area contributed by atoms with E-state index in [1.54, 1.807) is 13.2 Å². The van der Waals surface area contributed by atoms with Gasteiger partial charge in [0.05, 0.1) is 7.11 Å². The van der Waals surface area contributed by atoms with E-state index in [-0.39, 0.29) is 17.9 Å². The molecule has 0 saturated carbocycles. The molecule has 5 heteroatoms. The van der Waals surface area contributed by atoms with E-state index in [4.69, 9.17) is 4.74 Å². The lowest BCUT2D eigenvalue weighted by atomic mass is 9.94. The van der Waals surface area contributed by atoms with Gasteiger partial charge in [0.25, 0.3) is 11.8 Å². The van der Waals surface area contributed by atoms with Crippen LogP contribution in [0.2, 0.25) is 0 Å². The summed E-state index contributed by atoms with van der Waals surface area (Å²) in [7, 11) is 1.60. The van der Waals surface area contributed by atoms with E-state index in [0.29, 0.717) is 24.4 Å². The lowest BCUT2D eigenvalue weighted by Gasteiger charge is -2.40. The molecule has 0 unspecified atom stereocenters. The summed E-state index contributed by atoms with van der Waals surface area (Å²) >= 11 is 0. The summed E-state index contributed by atoms with van der Waals surface area (Å²) in [5.74, 6) is 0.852. The number of carbonyl (C=O) groups is 2. The van der Waals surface area contributed by atoms with Crippen LogP contribution in [0.1, 0.15) is 39.1 Å². The zero-order valence-electron chi connectivity index (χ0n) is 15.6. The average molecular weight is 364 g/mol. The van der Waals surface area contributed by atoms with Crippen molar-refractivity contribution < 1.29 is 14.3 Å². The Balaban J connectivity index is 1.40. The van der Waals surface area contributed by atoms with Gasteiger partial charge in [0, 0.05) is 36.8 Å². The van der Waals surface area contributed by atoms with Crippen LogP contribution in [0.15, 0.2) is 48.5 Å². The first-order valence-corrected chi connectivity index (χ1v) is 9.49. The van der Waals surface area contributed by atoms with Crippen molar-refractivity contribution in [2.45, 2.75) is 25.3 Å². The predicted octanol–water partition coefficient (Wildman–Crippen LogP) is 3.00. The fourth-order valence-electron chi connectivity index (χ4n) is 4.11. The fourth-order valence-corrected chi connectivity index (χ4v) is 4.11. The van der Waals surface area contributed by atoms with Crippen LogP contribution in [-0.4, -0.2) is 54.4 Å². The fraction of sp³-hybridized carbons (Fsp3) is 0.364. The number of ether oxygens (including phenoxy) is 1. The largest absolute Gasteiger partial charge is 0.497 e. The molecule has 27 heavy (non-hydrogen) atoms. The number of carbonyl (C=O) groups excluding carboxylic acids is 2. The summed E-state index contributed by atoms with van der Waals surface area (Å²) in [6.07, 6.45) is 2.55. The maximum atomic E-state index is 12.9. The van der Waals surface area contributed by atoms with Crippen molar-refractivity contribution in [2.75, 3.05) is 26.7 Å². The van der Waals surface area contributed by atoms with Gasteiger partial charge >= 0.3 is 0 Å². The molecule has 0 atom stereocenters. The Morgan fingerprint density at radius 1 is 1.04 bits per heavy atom. The summed E-state index contributed by atoms with van der Waals surface area (Å²) in [4.78, 5) is 29.5. The van der Waals surface area contributed by atoms with Crippen LogP contribution in [0.5, 0.6) is 5.75 Å². The Kier molecular flexibility index (Phi) is 4.84. The molecule has 0 spiro atoms. The Hall–Kier alpha value is -2.82. The highest BCUT2D eigenvalue weighted by Gasteiger charge is 2.33. The maximum absolute atomic E-state index is 12.9. The number of piperidine rings is 1. The monoisotopic (exact) mass is 364 g/mol. The number of likely N-dealkylation sites (tertiary alicyclic amines) is 1. The summed E-state index contributed by atoms with van der Waals surface area (Å²) in [5.41, 5.74) is 2.62. The molecule has 5 nitrogen and oxygen atoms in total. The Morgan fingerprint density at radius 3 is 2.59 bits per heavy atom. The van der Waals surface area contributed by atoms with Crippen LogP contribution < -0.4 is 4.74 Å². The van der Waals surface area contributed by atoms with E-state index in [0.717, 1.165) is 36.9 Å². The molecule has 140 valence electrons. The first-order chi connectivity index (χ1) is 13.2. The molecule has 0 N–H and O–H groups in total. The molecule has 0 bridgehead atoms. The van der Waals surface area contributed by atoms with Gasteiger partial charge in [-0.2, -0.15) is 0 Å². The third-order valence-corrected chi connectivity index (χ3v) is 5.64. The standard InChI is InChI=1S/C22H24N2O3/c1-27-19-7-4-6-17(15-19)21(25)23-12-10-18(11-13-23)24-14-9-16-5-2-3-8-20(16)22(24)26/h2-8,15,18H,9-14H2,1H3. The second kappa shape index (κ2) is 7.43. The van der Waals surface area contributed by atoms with Crippen molar-refractivity contribution in [1.29, 1.82) is 0 Å². The highest BCUT2D eigenvalue weighted by molar-refractivity contribution is 5.97. The van der Waals surface area contributed by atoms with Gasteiger partial charge in [0.1, 0.15) is 5.75 Å². The van der Waals surface area contributed by atoms with Crippen molar-refractivity contribution in [1.82, 2.24) is 9.80 Å². The highest BCUT2D eigenvalue weighted by Crippen LogP contribution is 2.26. The Labute approximate surface area is 159 Å². The van der Waals surface area contributed by atoms with Crippen LogP contribution >= 0.6 is 0 Å². The van der Waals surface area contributed by atoms with Gasteiger partial charge in [0.15, 0.2) is 0 Å². The van der Waals surface area contributed by atoms with Crippen molar-refractivity contribution in [2.24, 2.45) is 0 Å². The SMILES string of the molecule is COc1cccc(C(=O)N2CCC(N3CCc4ccccc4C3=O)CC2)c1. The minimum Gasteiger partial charge on any atom is -0.497 e. The van der Waals surface area contributed by atoms with E-state index in [2.05, 4.69) is 0 Å². The number of hydrogen-bond acceptors (Lipinski definition) is 3. The zero-order valence-corrected chi connectivity index (χ0v) is 15.6. The molecule has 0 aliphatic carbocycles. The van der Waals surface area contributed by atoms with Crippen molar-refractivity contribution >= 4 is 11.8 Å². The van der Waals surface area contributed by atoms with Crippen molar-refractivity contribution in [3.05, 3.63) is 65.2 Å². The second-order valence-electron chi connectivity index (χ2n) is 7.16. The maximum Gasteiger partial charge on any atom is 0.254 e. The molecule has 1 fully saturated rings. The molecule has 2 aromatic rings. The normalized spacial score (nSPS) is 17.6. The number of benzene rings is 2. The van der Waals surface area contributed by atoms with E-state index in [9.17, 15) is 9.59 Å². The number of rotatable bonds is 3. The highest BCUT2D eigenvalue weighted by atomic mass is 16.5. The first kappa shape index (κ1) is 17.6. The van der Waals surface area contributed by atoms with Crippen molar-refractivity contribution in [3.63, 3.8) is 0 Å². The zero-order chi connectivity index (χ0) is 18.8. The van der Waals surface area contributed by atoms with Gasteiger partial charge in [-0.15, -0.1) is 0 Å². The molecule has 2 aliphatic rings. The van der Waals surface area contributed by atoms with Gasteiger partial charge in [-0.25, -0.2) is 0 Å². The number of hydrogen-bond donors (Lipinski definition) is 0. The number of nitrogens with zero attached hydrogens (tertiary/aromatic N) is 2. The minimum absolute atomic E-state index is 0.0302. The van der Waals surface area contributed by atoms with Crippen LogP contribution in [-0.2, 0) is 6.42 Å². The van der Waals surface area contributed by atoms with Gasteiger partial charge in [0.2, 0.25) is 0 Å². The van der Waals surface area contributed by atoms with Gasteiger partial charge in [-0.3, -0.25) is 9.59 Å². The molecule has 1 saturated heterocycles. The molecule has 2 heterocycles. The molecule has 2 amide bonds. The summed E-state index contributed by atoms with van der Waals surface area (Å²) in [6, 6.07) is 15.4. The summed E-state index contributed by atoms with van der Waals surface area (Å²) < 4.78 is 5.21. The Morgan fingerprint density at radius 2 is 1.81 bits per heavy atom. The van der Waals surface area contributed by atoms with Gasteiger partial charge in [-0.05, 0) is 49.1 Å². The van der Waals surface area contributed by atoms with Crippen LogP contribution in [0.4, 0.5) is 0 Å². The van der Waals surface area contributed by atoms with E-state index >= 15 is 0 Å². The quantitative estimate of drug-likeness (QED) is 0.841. The van der Waals surface area contributed by atoms with Crippen LogP contribution in [0.25, 0.3) is 0 Å². The second-order valence-corrected chi connectivity index (χ2v) is 7.16.